The highest BCUT2D eigenvalue weighted by Crippen LogP contribution is 2.35. The molecule has 1 aliphatic rings. The van der Waals surface area contributed by atoms with Crippen LogP contribution in [0.1, 0.15) is 53.0 Å². The smallest absolute Gasteiger partial charge is 0.226 e. The van der Waals surface area contributed by atoms with Crippen LogP contribution in [0.3, 0.4) is 0 Å². The lowest BCUT2D eigenvalue weighted by Gasteiger charge is -2.39. The number of piperidine rings is 1. The van der Waals surface area contributed by atoms with Gasteiger partial charge in [-0.1, -0.05) is 20.8 Å². The quantitative estimate of drug-likeness (QED) is 0.479. The van der Waals surface area contributed by atoms with E-state index in [1.54, 1.807) is 30.8 Å². The van der Waals surface area contributed by atoms with Crippen LogP contribution in [0.2, 0.25) is 0 Å². The maximum atomic E-state index is 12.7. The number of hydrogen-bond donors (Lipinski definition) is 2. The molecule has 1 amide bonds. The summed E-state index contributed by atoms with van der Waals surface area (Å²) in [5, 5.41) is 27.1. The van der Waals surface area contributed by atoms with Gasteiger partial charge in [-0.3, -0.25) is 4.79 Å². The number of carbonyl (C=O) groups is 1. The molecule has 1 fully saturated rings. The van der Waals surface area contributed by atoms with Gasteiger partial charge in [-0.25, -0.2) is 9.50 Å². The Kier molecular flexibility index (Phi) is 7.42. The Morgan fingerprint density at radius 2 is 2.03 bits per heavy atom. The lowest BCUT2D eigenvalue weighted by molar-refractivity contribution is -0.131. The minimum absolute atomic E-state index is 0.116. The Morgan fingerprint density at radius 1 is 1.30 bits per heavy atom. The molecule has 1 aliphatic heterocycles. The van der Waals surface area contributed by atoms with Crippen molar-refractivity contribution in [3.05, 3.63) is 42.4 Å². The second-order valence-electron chi connectivity index (χ2n) is 11.2. The van der Waals surface area contributed by atoms with E-state index in [0.29, 0.717) is 29.3 Å². The molecule has 0 unspecified atom stereocenters. The average Bonchev–Trinajstić information content (AvgIpc) is 3.29. The fourth-order valence-corrected chi connectivity index (χ4v) is 4.44. The zero-order chi connectivity index (χ0) is 26.8. The van der Waals surface area contributed by atoms with Crippen molar-refractivity contribution in [1.82, 2.24) is 19.9 Å². The molecule has 0 bridgehead atoms. The number of nitrogens with zero attached hydrogens (tertiary/aromatic N) is 5. The molecule has 3 aromatic heterocycles. The largest absolute Gasteiger partial charge is 0.489 e. The van der Waals surface area contributed by atoms with Gasteiger partial charge in [0.25, 0.3) is 0 Å². The molecule has 0 spiro atoms. The number of amides is 1. The molecular weight excluding hydrogens is 468 g/mol. The number of aliphatic hydroxyl groups is 1. The van der Waals surface area contributed by atoms with Gasteiger partial charge >= 0.3 is 0 Å². The Balaban J connectivity index is 1.53. The van der Waals surface area contributed by atoms with E-state index in [2.05, 4.69) is 35.2 Å². The van der Waals surface area contributed by atoms with Crippen molar-refractivity contribution in [2.75, 3.05) is 31.1 Å². The zero-order valence-corrected chi connectivity index (χ0v) is 22.3. The number of nitrogens with one attached hydrogen (secondary N) is 1. The number of nitriles is 1. The van der Waals surface area contributed by atoms with E-state index in [9.17, 15) is 15.2 Å². The van der Waals surface area contributed by atoms with Crippen LogP contribution < -0.4 is 15.0 Å². The molecule has 2 N–H and O–H groups in total. The van der Waals surface area contributed by atoms with E-state index >= 15 is 0 Å². The topological polar surface area (TPSA) is 116 Å². The Labute approximate surface area is 218 Å². The van der Waals surface area contributed by atoms with Crippen LogP contribution in [0.5, 0.6) is 5.75 Å². The van der Waals surface area contributed by atoms with E-state index in [1.807, 2.05) is 25.1 Å². The number of hydrogen-bond acceptors (Lipinski definition) is 7. The number of aromatic nitrogens is 3. The van der Waals surface area contributed by atoms with E-state index in [1.165, 1.54) is 6.20 Å². The van der Waals surface area contributed by atoms with Gasteiger partial charge in [0.1, 0.15) is 24.2 Å². The van der Waals surface area contributed by atoms with Crippen LogP contribution in [0.15, 0.2) is 36.8 Å². The van der Waals surface area contributed by atoms with E-state index in [4.69, 9.17) is 9.72 Å². The monoisotopic (exact) mass is 504 g/mol. The van der Waals surface area contributed by atoms with E-state index < -0.39 is 5.60 Å². The standard InChI is InChI=1S/C28H36N6O3/c1-19(2)14-31-26(35)28(5)8-10-33(11-9-28)24-7-6-20(15-30-24)23-12-22(37-18-27(3,4)36)17-34-25(23)21(13-29)16-32-34/h6-7,12,15-17,19,36H,8-11,14,18H2,1-5H3,(H,31,35). The molecule has 1 saturated heterocycles. The lowest BCUT2D eigenvalue weighted by Crippen LogP contribution is -2.48. The molecule has 196 valence electrons. The fourth-order valence-electron chi connectivity index (χ4n) is 4.44. The summed E-state index contributed by atoms with van der Waals surface area (Å²) in [5.41, 5.74) is 1.38. The fraction of sp³-hybridized carbons (Fsp3) is 0.500. The SMILES string of the molecule is CC(C)CNC(=O)C1(C)CCN(c2ccc(-c3cc(OCC(C)(C)O)cn4ncc(C#N)c34)cn2)CC1. The summed E-state index contributed by atoms with van der Waals surface area (Å²) in [7, 11) is 0. The van der Waals surface area contributed by atoms with Crippen LogP contribution in [0, 0.1) is 22.7 Å². The van der Waals surface area contributed by atoms with Gasteiger partial charge in [-0.05, 0) is 50.8 Å². The molecule has 3 aromatic rings. The highest BCUT2D eigenvalue weighted by molar-refractivity contribution is 5.85. The number of pyridine rings is 2. The third-order valence-corrected chi connectivity index (χ3v) is 6.77. The van der Waals surface area contributed by atoms with Crippen LogP contribution >= 0.6 is 0 Å². The Bertz CT molecular complexity index is 1290. The molecule has 0 aliphatic carbocycles. The number of rotatable bonds is 8. The third kappa shape index (κ3) is 6.03. The van der Waals surface area contributed by atoms with Crippen LogP contribution in [-0.2, 0) is 4.79 Å². The van der Waals surface area contributed by atoms with Crippen molar-refractivity contribution in [3.8, 4) is 22.9 Å². The van der Waals surface area contributed by atoms with Crippen molar-refractivity contribution in [2.45, 2.75) is 53.1 Å². The Hall–Kier alpha value is -3.64. The number of anilines is 1. The van der Waals surface area contributed by atoms with Crippen molar-refractivity contribution >= 4 is 17.2 Å². The highest BCUT2D eigenvalue weighted by atomic mass is 16.5. The zero-order valence-electron chi connectivity index (χ0n) is 22.3. The predicted octanol–water partition coefficient (Wildman–Crippen LogP) is 3.80. The predicted molar refractivity (Wildman–Crippen MR) is 142 cm³/mol. The van der Waals surface area contributed by atoms with Crippen molar-refractivity contribution in [1.29, 1.82) is 5.26 Å². The molecule has 37 heavy (non-hydrogen) atoms. The maximum absolute atomic E-state index is 12.7. The summed E-state index contributed by atoms with van der Waals surface area (Å²) >= 11 is 0. The molecule has 0 aromatic carbocycles. The molecule has 9 heteroatoms. The third-order valence-electron chi connectivity index (χ3n) is 6.77. The lowest BCUT2D eigenvalue weighted by atomic mass is 9.79. The van der Waals surface area contributed by atoms with Gasteiger partial charge in [0.05, 0.1) is 29.1 Å². The van der Waals surface area contributed by atoms with Gasteiger partial charge in [0, 0.05) is 42.4 Å². The maximum Gasteiger partial charge on any atom is 0.226 e. The molecule has 9 nitrogen and oxygen atoms in total. The number of ether oxygens (including phenoxy) is 1. The van der Waals surface area contributed by atoms with Crippen LogP contribution in [0.25, 0.3) is 16.6 Å². The number of carbonyl (C=O) groups excluding carboxylic acids is 1. The van der Waals surface area contributed by atoms with Crippen molar-refractivity contribution in [3.63, 3.8) is 0 Å². The average molecular weight is 505 g/mol. The van der Waals surface area contributed by atoms with Crippen LogP contribution in [0.4, 0.5) is 5.82 Å². The van der Waals surface area contributed by atoms with Crippen LogP contribution in [-0.4, -0.2) is 57.5 Å². The molecule has 0 saturated carbocycles. The first kappa shape index (κ1) is 26.4. The van der Waals surface area contributed by atoms with Gasteiger partial charge in [-0.2, -0.15) is 10.4 Å². The number of fused-ring (bicyclic) bond motifs is 1. The van der Waals surface area contributed by atoms with Crippen molar-refractivity contribution in [2.24, 2.45) is 11.3 Å². The summed E-state index contributed by atoms with van der Waals surface area (Å²) in [4.78, 5) is 19.7. The second kappa shape index (κ2) is 10.4. The molecule has 4 rings (SSSR count). The first-order chi connectivity index (χ1) is 17.5. The van der Waals surface area contributed by atoms with Gasteiger partial charge < -0.3 is 20.1 Å². The van der Waals surface area contributed by atoms with Gasteiger partial charge in [0.15, 0.2) is 0 Å². The van der Waals surface area contributed by atoms with Gasteiger partial charge in [0.2, 0.25) is 5.91 Å². The van der Waals surface area contributed by atoms with E-state index in [-0.39, 0.29) is 17.9 Å². The van der Waals surface area contributed by atoms with Crippen molar-refractivity contribution < 1.29 is 14.6 Å². The first-order valence-electron chi connectivity index (χ1n) is 12.8. The molecule has 4 heterocycles. The minimum Gasteiger partial charge on any atom is -0.489 e. The summed E-state index contributed by atoms with van der Waals surface area (Å²) < 4.78 is 7.44. The molecule has 0 radical (unpaired) electrons. The molecule has 0 atom stereocenters. The second-order valence-corrected chi connectivity index (χ2v) is 11.2. The summed E-state index contributed by atoms with van der Waals surface area (Å²) in [6, 6.07) is 8.01. The summed E-state index contributed by atoms with van der Waals surface area (Å²) in [6.07, 6.45) is 6.56. The van der Waals surface area contributed by atoms with Gasteiger partial charge in [-0.15, -0.1) is 0 Å². The normalized spacial score (nSPS) is 15.6. The molecular formula is C28H36N6O3. The summed E-state index contributed by atoms with van der Waals surface area (Å²) in [6.45, 7) is 11.9. The summed E-state index contributed by atoms with van der Waals surface area (Å²) in [5.74, 6) is 1.95. The first-order valence-corrected chi connectivity index (χ1v) is 12.8. The minimum atomic E-state index is -0.986. The Morgan fingerprint density at radius 3 is 2.62 bits per heavy atom. The van der Waals surface area contributed by atoms with E-state index in [0.717, 1.165) is 42.9 Å². The highest BCUT2D eigenvalue weighted by Gasteiger charge is 2.37.